The lowest BCUT2D eigenvalue weighted by molar-refractivity contribution is 0.0388. The Balaban J connectivity index is 2.03. The van der Waals surface area contributed by atoms with Gasteiger partial charge in [0.15, 0.2) is 0 Å². The van der Waals surface area contributed by atoms with E-state index < -0.39 is 0 Å². The van der Waals surface area contributed by atoms with Crippen molar-refractivity contribution in [2.75, 3.05) is 31.2 Å². The number of H-pyrrole nitrogens is 1. The lowest BCUT2D eigenvalue weighted by Crippen LogP contribution is -2.52. The smallest absolute Gasteiger partial charge is 0.340 e. The number of carbonyl (C=O) groups excluding carboxylic acids is 1. The van der Waals surface area contributed by atoms with Gasteiger partial charge in [-0.2, -0.15) is 0 Å². The molecule has 0 spiro atoms. The Morgan fingerprint density at radius 2 is 2.26 bits per heavy atom. The second-order valence-electron chi connectivity index (χ2n) is 6.08. The molecule has 2 heterocycles. The van der Waals surface area contributed by atoms with Gasteiger partial charge in [-0.1, -0.05) is 13.3 Å². The van der Waals surface area contributed by atoms with Crippen LogP contribution < -0.4 is 10.6 Å². The largest absolute Gasteiger partial charge is 0.462 e. The standard InChI is InChI=1S/C17H29N3O3/c1-4-6-9-23-17(21)13-10-16(19-12(13)3)20-8-7-14(18)15(11-20)22-5-2/h10,14-15,19H,4-9,11,18H2,1-3H3. The summed E-state index contributed by atoms with van der Waals surface area (Å²) >= 11 is 0. The van der Waals surface area contributed by atoms with Crippen LogP contribution in [-0.4, -0.2) is 49.4 Å². The molecule has 3 N–H and O–H groups in total. The fourth-order valence-corrected chi connectivity index (χ4v) is 2.85. The first-order chi connectivity index (χ1) is 11.1. The van der Waals surface area contributed by atoms with Gasteiger partial charge < -0.3 is 25.1 Å². The molecule has 1 aromatic rings. The summed E-state index contributed by atoms with van der Waals surface area (Å²) in [5.74, 6) is 0.676. The fraction of sp³-hybridized carbons (Fsp3) is 0.706. The number of hydrogen-bond donors (Lipinski definition) is 2. The van der Waals surface area contributed by atoms with E-state index in [1.165, 1.54) is 0 Å². The molecule has 1 aromatic heterocycles. The summed E-state index contributed by atoms with van der Waals surface area (Å²) in [5, 5.41) is 0. The number of hydrogen-bond acceptors (Lipinski definition) is 5. The molecule has 0 aliphatic carbocycles. The predicted octanol–water partition coefficient (Wildman–Crippen LogP) is 2.22. The van der Waals surface area contributed by atoms with Crippen molar-refractivity contribution in [1.82, 2.24) is 4.98 Å². The monoisotopic (exact) mass is 323 g/mol. The van der Waals surface area contributed by atoms with Crippen LogP contribution in [0.4, 0.5) is 5.82 Å². The van der Waals surface area contributed by atoms with E-state index in [1.54, 1.807) is 0 Å². The number of unbranched alkanes of at least 4 members (excludes halogenated alkanes) is 1. The molecule has 1 aliphatic rings. The fourth-order valence-electron chi connectivity index (χ4n) is 2.85. The molecule has 2 rings (SSSR count). The molecule has 0 aromatic carbocycles. The first-order valence-electron chi connectivity index (χ1n) is 8.55. The van der Waals surface area contributed by atoms with E-state index in [9.17, 15) is 4.79 Å². The molecule has 1 aliphatic heterocycles. The van der Waals surface area contributed by atoms with Crippen molar-refractivity contribution < 1.29 is 14.3 Å². The Kier molecular flexibility index (Phi) is 6.47. The second kappa shape index (κ2) is 8.36. The van der Waals surface area contributed by atoms with Gasteiger partial charge in [0.2, 0.25) is 0 Å². The average Bonchev–Trinajstić information content (AvgIpc) is 2.92. The van der Waals surface area contributed by atoms with E-state index in [-0.39, 0.29) is 18.1 Å². The summed E-state index contributed by atoms with van der Waals surface area (Å²) in [6.07, 6.45) is 2.80. The number of aryl methyl sites for hydroxylation is 1. The Hall–Kier alpha value is -1.53. The van der Waals surface area contributed by atoms with Gasteiger partial charge in [0, 0.05) is 31.4 Å². The quantitative estimate of drug-likeness (QED) is 0.594. The lowest BCUT2D eigenvalue weighted by atomic mass is 10.0. The molecule has 23 heavy (non-hydrogen) atoms. The van der Waals surface area contributed by atoms with Crippen molar-refractivity contribution in [1.29, 1.82) is 0 Å². The van der Waals surface area contributed by atoms with E-state index in [2.05, 4.69) is 16.8 Å². The molecule has 130 valence electrons. The molecule has 0 amide bonds. The molecule has 1 fully saturated rings. The Morgan fingerprint density at radius 3 is 2.96 bits per heavy atom. The summed E-state index contributed by atoms with van der Waals surface area (Å²) in [4.78, 5) is 17.6. The number of anilines is 1. The van der Waals surface area contributed by atoms with Crippen LogP contribution in [0.1, 0.15) is 49.2 Å². The summed E-state index contributed by atoms with van der Waals surface area (Å²) < 4.78 is 11.0. The number of aromatic nitrogens is 1. The molecule has 0 radical (unpaired) electrons. The van der Waals surface area contributed by atoms with Crippen LogP contribution in [0.5, 0.6) is 0 Å². The average molecular weight is 323 g/mol. The molecule has 0 bridgehead atoms. The van der Waals surface area contributed by atoms with Gasteiger partial charge >= 0.3 is 5.97 Å². The van der Waals surface area contributed by atoms with Gasteiger partial charge in [-0.15, -0.1) is 0 Å². The van der Waals surface area contributed by atoms with Crippen molar-refractivity contribution in [2.45, 2.75) is 52.2 Å². The number of nitrogens with two attached hydrogens (primary N) is 1. The number of ether oxygens (including phenoxy) is 2. The summed E-state index contributed by atoms with van der Waals surface area (Å²) in [6.45, 7) is 8.67. The van der Waals surface area contributed by atoms with Crippen molar-refractivity contribution in [2.24, 2.45) is 5.73 Å². The number of aromatic amines is 1. The Bertz CT molecular complexity index is 515. The van der Waals surface area contributed by atoms with Crippen LogP contribution >= 0.6 is 0 Å². The zero-order valence-corrected chi connectivity index (χ0v) is 14.4. The maximum Gasteiger partial charge on any atom is 0.340 e. The third-order valence-corrected chi connectivity index (χ3v) is 4.28. The molecule has 2 atom stereocenters. The molecule has 6 nitrogen and oxygen atoms in total. The Morgan fingerprint density at radius 1 is 1.48 bits per heavy atom. The second-order valence-corrected chi connectivity index (χ2v) is 6.08. The van der Waals surface area contributed by atoms with Crippen molar-refractivity contribution in [3.05, 3.63) is 17.3 Å². The topological polar surface area (TPSA) is 80.6 Å². The maximum absolute atomic E-state index is 12.1. The molecular formula is C17H29N3O3. The summed E-state index contributed by atoms with van der Waals surface area (Å²) in [6, 6.07) is 1.95. The first-order valence-corrected chi connectivity index (χ1v) is 8.55. The van der Waals surface area contributed by atoms with E-state index >= 15 is 0 Å². The lowest BCUT2D eigenvalue weighted by Gasteiger charge is -2.37. The van der Waals surface area contributed by atoms with Crippen molar-refractivity contribution in [3.8, 4) is 0 Å². The van der Waals surface area contributed by atoms with Crippen LogP contribution in [0.25, 0.3) is 0 Å². The minimum atomic E-state index is -0.256. The normalized spacial score (nSPS) is 21.5. The van der Waals surface area contributed by atoms with Gasteiger partial charge in [0.25, 0.3) is 0 Å². The third kappa shape index (κ3) is 4.48. The van der Waals surface area contributed by atoms with Crippen LogP contribution in [0.3, 0.4) is 0 Å². The van der Waals surface area contributed by atoms with E-state index in [0.717, 1.165) is 43.9 Å². The van der Waals surface area contributed by atoms with Gasteiger partial charge in [0.05, 0.1) is 18.3 Å². The van der Waals surface area contributed by atoms with E-state index in [4.69, 9.17) is 15.2 Å². The van der Waals surface area contributed by atoms with Crippen LogP contribution in [0.15, 0.2) is 6.07 Å². The highest BCUT2D eigenvalue weighted by atomic mass is 16.5. The highest BCUT2D eigenvalue weighted by Crippen LogP contribution is 2.23. The Labute approximate surface area is 138 Å². The molecular weight excluding hydrogens is 294 g/mol. The van der Waals surface area contributed by atoms with Gasteiger partial charge in [-0.3, -0.25) is 0 Å². The van der Waals surface area contributed by atoms with E-state index in [0.29, 0.717) is 18.8 Å². The molecule has 6 heteroatoms. The number of carbonyl (C=O) groups is 1. The minimum Gasteiger partial charge on any atom is -0.462 e. The maximum atomic E-state index is 12.1. The number of piperidine rings is 1. The summed E-state index contributed by atoms with van der Waals surface area (Å²) in [7, 11) is 0. The van der Waals surface area contributed by atoms with E-state index in [1.807, 2.05) is 19.9 Å². The molecule has 1 saturated heterocycles. The highest BCUT2D eigenvalue weighted by Gasteiger charge is 2.28. The number of esters is 1. The third-order valence-electron chi connectivity index (χ3n) is 4.28. The molecule has 0 saturated carbocycles. The SMILES string of the molecule is CCCCOC(=O)c1cc(N2CCC(N)C(OCC)C2)[nH]c1C. The predicted molar refractivity (Wildman–Crippen MR) is 90.9 cm³/mol. The van der Waals surface area contributed by atoms with Gasteiger partial charge in [-0.25, -0.2) is 4.79 Å². The zero-order chi connectivity index (χ0) is 16.8. The van der Waals surface area contributed by atoms with Crippen LogP contribution in [0.2, 0.25) is 0 Å². The summed E-state index contributed by atoms with van der Waals surface area (Å²) in [5.41, 5.74) is 7.57. The molecule has 2 unspecified atom stereocenters. The first kappa shape index (κ1) is 17.8. The van der Waals surface area contributed by atoms with Gasteiger partial charge in [0.1, 0.15) is 5.82 Å². The number of nitrogens with zero attached hydrogens (tertiary/aromatic N) is 1. The van der Waals surface area contributed by atoms with Crippen molar-refractivity contribution >= 4 is 11.8 Å². The van der Waals surface area contributed by atoms with Gasteiger partial charge in [-0.05, 0) is 32.8 Å². The zero-order valence-electron chi connectivity index (χ0n) is 14.4. The minimum absolute atomic E-state index is 0.0253. The van der Waals surface area contributed by atoms with Crippen LogP contribution in [0, 0.1) is 6.92 Å². The highest BCUT2D eigenvalue weighted by molar-refractivity contribution is 5.92. The van der Waals surface area contributed by atoms with Crippen LogP contribution in [-0.2, 0) is 9.47 Å². The number of nitrogens with one attached hydrogen (secondary N) is 1. The number of rotatable bonds is 7. The van der Waals surface area contributed by atoms with Crippen molar-refractivity contribution in [3.63, 3.8) is 0 Å².